The van der Waals surface area contributed by atoms with Gasteiger partial charge in [-0.1, -0.05) is 13.8 Å². The fourth-order valence-corrected chi connectivity index (χ4v) is 1.79. The minimum Gasteiger partial charge on any atom is -0.342 e. The van der Waals surface area contributed by atoms with Crippen LogP contribution in [0.5, 0.6) is 0 Å². The van der Waals surface area contributed by atoms with Gasteiger partial charge in [0.1, 0.15) is 5.54 Å². The van der Waals surface area contributed by atoms with E-state index in [-0.39, 0.29) is 5.91 Å². The van der Waals surface area contributed by atoms with Crippen LogP contribution in [0.3, 0.4) is 0 Å². The maximum Gasteiger partial charge on any atom is 0.252 e. The van der Waals surface area contributed by atoms with Crippen LogP contribution in [-0.4, -0.2) is 24.0 Å². The van der Waals surface area contributed by atoms with Gasteiger partial charge in [-0.2, -0.15) is 0 Å². The predicted octanol–water partition coefficient (Wildman–Crippen LogP) is 0.886. The SMILES string of the molecule is CCN=C1NC(=O)C(C)(CC(C)C)N1. The van der Waals surface area contributed by atoms with Crippen LogP contribution >= 0.6 is 0 Å². The molecule has 1 fully saturated rings. The van der Waals surface area contributed by atoms with Crippen LogP contribution in [0.4, 0.5) is 0 Å². The topological polar surface area (TPSA) is 53.5 Å². The summed E-state index contributed by atoms with van der Waals surface area (Å²) in [6, 6.07) is 0. The van der Waals surface area contributed by atoms with Crippen LogP contribution in [0.25, 0.3) is 0 Å². The van der Waals surface area contributed by atoms with E-state index in [0.717, 1.165) is 6.42 Å². The maximum absolute atomic E-state index is 11.7. The molecule has 1 aliphatic rings. The Labute approximate surface area is 85.2 Å². The second-order valence-electron chi connectivity index (χ2n) is 4.33. The van der Waals surface area contributed by atoms with Crippen LogP contribution < -0.4 is 10.6 Å². The summed E-state index contributed by atoms with van der Waals surface area (Å²) < 4.78 is 0. The predicted molar refractivity (Wildman–Crippen MR) is 57.1 cm³/mol. The molecule has 14 heavy (non-hydrogen) atoms. The summed E-state index contributed by atoms with van der Waals surface area (Å²) in [6.45, 7) is 8.75. The molecule has 80 valence electrons. The Bertz CT molecular complexity index is 260. The highest BCUT2D eigenvalue weighted by Gasteiger charge is 2.40. The van der Waals surface area contributed by atoms with Crippen molar-refractivity contribution in [2.24, 2.45) is 10.9 Å². The van der Waals surface area contributed by atoms with E-state index in [0.29, 0.717) is 18.4 Å². The number of rotatable bonds is 3. The minimum atomic E-state index is -0.484. The monoisotopic (exact) mass is 197 g/mol. The van der Waals surface area contributed by atoms with E-state index in [1.807, 2.05) is 13.8 Å². The Balaban J connectivity index is 2.72. The lowest BCUT2D eigenvalue weighted by atomic mass is 9.91. The van der Waals surface area contributed by atoms with Gasteiger partial charge in [0, 0.05) is 6.54 Å². The highest BCUT2D eigenvalue weighted by molar-refractivity contribution is 6.08. The van der Waals surface area contributed by atoms with E-state index in [4.69, 9.17) is 0 Å². The summed E-state index contributed by atoms with van der Waals surface area (Å²) in [5.41, 5.74) is -0.484. The second-order valence-corrected chi connectivity index (χ2v) is 4.33. The minimum absolute atomic E-state index is 0.0263. The van der Waals surface area contributed by atoms with Crippen molar-refractivity contribution in [1.29, 1.82) is 0 Å². The highest BCUT2D eigenvalue weighted by Crippen LogP contribution is 2.19. The van der Waals surface area contributed by atoms with Crippen LogP contribution in [0.2, 0.25) is 0 Å². The molecule has 1 rings (SSSR count). The molecule has 0 aromatic rings. The number of guanidine groups is 1. The van der Waals surface area contributed by atoms with Gasteiger partial charge in [-0.15, -0.1) is 0 Å². The van der Waals surface area contributed by atoms with Crippen molar-refractivity contribution in [2.45, 2.75) is 39.7 Å². The lowest BCUT2D eigenvalue weighted by molar-refractivity contribution is -0.123. The fourth-order valence-electron chi connectivity index (χ4n) is 1.79. The Hall–Kier alpha value is -1.06. The zero-order valence-corrected chi connectivity index (χ0v) is 9.35. The van der Waals surface area contributed by atoms with Gasteiger partial charge in [0.2, 0.25) is 0 Å². The van der Waals surface area contributed by atoms with E-state index in [1.165, 1.54) is 0 Å². The van der Waals surface area contributed by atoms with Crippen molar-refractivity contribution in [3.63, 3.8) is 0 Å². The molecule has 1 unspecified atom stereocenters. The molecule has 1 saturated heterocycles. The number of nitrogens with zero attached hydrogens (tertiary/aromatic N) is 1. The first-order valence-corrected chi connectivity index (χ1v) is 5.12. The average molecular weight is 197 g/mol. The molecule has 0 saturated carbocycles. The Morgan fingerprint density at radius 1 is 1.50 bits per heavy atom. The van der Waals surface area contributed by atoms with Gasteiger partial charge in [-0.3, -0.25) is 15.1 Å². The van der Waals surface area contributed by atoms with Crippen molar-refractivity contribution < 1.29 is 4.79 Å². The quantitative estimate of drug-likeness (QED) is 0.706. The van der Waals surface area contributed by atoms with Gasteiger partial charge in [0.15, 0.2) is 5.96 Å². The number of carbonyl (C=O) groups excluding carboxylic acids is 1. The van der Waals surface area contributed by atoms with Crippen LogP contribution in [-0.2, 0) is 4.79 Å². The molecule has 1 heterocycles. The summed E-state index contributed by atoms with van der Waals surface area (Å²) in [4.78, 5) is 15.8. The van der Waals surface area contributed by atoms with Gasteiger partial charge < -0.3 is 5.32 Å². The summed E-state index contributed by atoms with van der Waals surface area (Å²) in [7, 11) is 0. The van der Waals surface area contributed by atoms with Crippen LogP contribution in [0.15, 0.2) is 4.99 Å². The molecule has 0 bridgehead atoms. The Kier molecular flexibility index (Phi) is 3.13. The van der Waals surface area contributed by atoms with Gasteiger partial charge in [-0.05, 0) is 26.2 Å². The number of amides is 1. The largest absolute Gasteiger partial charge is 0.342 e. The molecule has 4 nitrogen and oxygen atoms in total. The van der Waals surface area contributed by atoms with Gasteiger partial charge in [0.25, 0.3) is 5.91 Å². The molecule has 1 aliphatic heterocycles. The van der Waals surface area contributed by atoms with Crippen LogP contribution in [0, 0.1) is 5.92 Å². The first kappa shape index (κ1) is 11.0. The summed E-state index contributed by atoms with van der Waals surface area (Å²) >= 11 is 0. The molecule has 2 N–H and O–H groups in total. The maximum atomic E-state index is 11.7. The fraction of sp³-hybridized carbons (Fsp3) is 0.800. The zero-order chi connectivity index (χ0) is 10.8. The van der Waals surface area contributed by atoms with Crippen LogP contribution in [0.1, 0.15) is 34.1 Å². The van der Waals surface area contributed by atoms with Crippen molar-refractivity contribution in [3.05, 3.63) is 0 Å². The van der Waals surface area contributed by atoms with Crippen molar-refractivity contribution in [1.82, 2.24) is 10.6 Å². The lowest BCUT2D eigenvalue weighted by Crippen LogP contribution is -2.44. The molecule has 0 radical (unpaired) electrons. The molecule has 0 aromatic carbocycles. The van der Waals surface area contributed by atoms with E-state index in [1.54, 1.807) is 0 Å². The smallest absolute Gasteiger partial charge is 0.252 e. The average Bonchev–Trinajstić information content (AvgIpc) is 2.26. The lowest BCUT2D eigenvalue weighted by Gasteiger charge is -2.22. The van der Waals surface area contributed by atoms with E-state index >= 15 is 0 Å². The summed E-state index contributed by atoms with van der Waals surface area (Å²) in [5, 5.41) is 5.89. The third-order valence-corrected chi connectivity index (χ3v) is 2.26. The Morgan fingerprint density at radius 3 is 2.64 bits per heavy atom. The third-order valence-electron chi connectivity index (χ3n) is 2.26. The molecular weight excluding hydrogens is 178 g/mol. The summed E-state index contributed by atoms with van der Waals surface area (Å²) in [6.07, 6.45) is 0.821. The highest BCUT2D eigenvalue weighted by atomic mass is 16.2. The zero-order valence-electron chi connectivity index (χ0n) is 9.35. The molecule has 1 amide bonds. The van der Waals surface area contributed by atoms with E-state index in [9.17, 15) is 4.79 Å². The molecule has 0 aliphatic carbocycles. The molecular formula is C10H19N3O. The summed E-state index contributed by atoms with van der Waals surface area (Å²) in [5.74, 6) is 1.12. The molecule has 1 atom stereocenters. The van der Waals surface area contributed by atoms with E-state index < -0.39 is 5.54 Å². The number of hydrogen-bond donors (Lipinski definition) is 2. The second kappa shape index (κ2) is 3.98. The first-order valence-electron chi connectivity index (χ1n) is 5.12. The van der Waals surface area contributed by atoms with Crippen molar-refractivity contribution in [3.8, 4) is 0 Å². The standard InChI is InChI=1S/C10H19N3O/c1-5-11-9-12-8(14)10(4,13-9)6-7(2)3/h7H,5-6H2,1-4H3,(H2,11,12,13,14). The molecule has 4 heteroatoms. The number of aliphatic imine (C=N–C) groups is 1. The molecule has 0 aromatic heterocycles. The third kappa shape index (κ3) is 2.25. The first-order chi connectivity index (χ1) is 6.48. The number of nitrogens with one attached hydrogen (secondary N) is 2. The van der Waals surface area contributed by atoms with Gasteiger partial charge in [-0.25, -0.2) is 0 Å². The van der Waals surface area contributed by atoms with Crippen molar-refractivity contribution >= 4 is 11.9 Å². The normalized spacial score (nSPS) is 29.5. The van der Waals surface area contributed by atoms with Gasteiger partial charge >= 0.3 is 0 Å². The molecule has 0 spiro atoms. The van der Waals surface area contributed by atoms with E-state index in [2.05, 4.69) is 29.5 Å². The number of hydrogen-bond acceptors (Lipinski definition) is 2. The van der Waals surface area contributed by atoms with Crippen molar-refractivity contribution in [2.75, 3.05) is 6.54 Å². The Morgan fingerprint density at radius 2 is 2.14 bits per heavy atom. The number of carbonyl (C=O) groups is 1. The van der Waals surface area contributed by atoms with Gasteiger partial charge in [0.05, 0.1) is 0 Å².